The number of benzene rings is 1. The van der Waals surface area contributed by atoms with E-state index in [0.717, 1.165) is 10.8 Å². The topological polar surface area (TPSA) is 26.0 Å². The molecule has 1 fully saturated rings. The monoisotopic (exact) mass is 213 g/mol. The number of nitrogens with two attached hydrogens (primary N) is 1. The minimum atomic E-state index is 0.118. The average Bonchev–Trinajstić information content (AvgIpc) is 2.82. The first kappa shape index (κ1) is 9.38. The van der Waals surface area contributed by atoms with E-state index in [1.807, 2.05) is 18.2 Å². The van der Waals surface area contributed by atoms with Gasteiger partial charge in [0.1, 0.15) is 0 Å². The van der Waals surface area contributed by atoms with E-state index in [0.29, 0.717) is 0 Å². The summed E-state index contributed by atoms with van der Waals surface area (Å²) in [5.74, 6) is 1.01. The minimum Gasteiger partial charge on any atom is -0.324 e. The lowest BCUT2D eigenvalue weighted by molar-refractivity contribution is 0.776. The van der Waals surface area contributed by atoms with Crippen LogP contribution in [0.4, 0.5) is 0 Å². The molecule has 13 heavy (non-hydrogen) atoms. The molecule has 0 radical (unpaired) electrons. The largest absolute Gasteiger partial charge is 0.324 e. The van der Waals surface area contributed by atoms with Gasteiger partial charge >= 0.3 is 0 Å². The zero-order valence-corrected chi connectivity index (χ0v) is 8.87. The van der Waals surface area contributed by atoms with Crippen LogP contribution >= 0.6 is 23.4 Å². The standard InChI is InChI=1S/C10H12ClNS/c11-8-2-1-3-9(6-8)13-7-10(12)4-5-10/h1-3,6H,4-5,7,12H2. The Morgan fingerprint density at radius 2 is 2.23 bits per heavy atom. The summed E-state index contributed by atoms with van der Waals surface area (Å²) in [7, 11) is 0. The van der Waals surface area contributed by atoms with Gasteiger partial charge in [0.25, 0.3) is 0 Å². The van der Waals surface area contributed by atoms with Crippen LogP contribution in [0, 0.1) is 0 Å². The van der Waals surface area contributed by atoms with E-state index in [1.165, 1.54) is 17.7 Å². The number of hydrogen-bond donors (Lipinski definition) is 1. The van der Waals surface area contributed by atoms with E-state index in [2.05, 4.69) is 6.07 Å². The number of hydrogen-bond acceptors (Lipinski definition) is 2. The molecule has 1 nitrogen and oxygen atoms in total. The first-order valence-electron chi connectivity index (χ1n) is 4.35. The molecule has 70 valence electrons. The molecule has 1 saturated carbocycles. The van der Waals surface area contributed by atoms with Crippen molar-refractivity contribution in [3.8, 4) is 0 Å². The van der Waals surface area contributed by atoms with Crippen molar-refractivity contribution >= 4 is 23.4 Å². The Morgan fingerprint density at radius 3 is 2.85 bits per heavy atom. The van der Waals surface area contributed by atoms with Gasteiger partial charge in [-0.15, -0.1) is 11.8 Å². The predicted octanol–water partition coefficient (Wildman–Crippen LogP) is 2.92. The van der Waals surface area contributed by atoms with Crippen LogP contribution in [0.15, 0.2) is 29.2 Å². The van der Waals surface area contributed by atoms with E-state index in [9.17, 15) is 0 Å². The molecule has 1 aromatic carbocycles. The molecular weight excluding hydrogens is 202 g/mol. The highest BCUT2D eigenvalue weighted by atomic mass is 35.5. The van der Waals surface area contributed by atoms with Crippen LogP contribution < -0.4 is 5.73 Å². The summed E-state index contributed by atoms with van der Waals surface area (Å²) in [6.07, 6.45) is 2.33. The van der Waals surface area contributed by atoms with E-state index in [4.69, 9.17) is 17.3 Å². The summed E-state index contributed by atoms with van der Waals surface area (Å²) in [5, 5.41) is 0.798. The second-order valence-corrected chi connectivity index (χ2v) is 5.09. The Morgan fingerprint density at radius 1 is 1.46 bits per heavy atom. The van der Waals surface area contributed by atoms with Crippen LogP contribution in [0.5, 0.6) is 0 Å². The van der Waals surface area contributed by atoms with Crippen molar-refractivity contribution < 1.29 is 0 Å². The normalized spacial score (nSPS) is 18.6. The van der Waals surface area contributed by atoms with Crippen molar-refractivity contribution in [3.63, 3.8) is 0 Å². The van der Waals surface area contributed by atoms with Gasteiger partial charge < -0.3 is 5.73 Å². The molecule has 1 aliphatic carbocycles. The molecule has 2 N–H and O–H groups in total. The Hall–Kier alpha value is -0.180. The van der Waals surface area contributed by atoms with E-state index in [1.54, 1.807) is 11.8 Å². The van der Waals surface area contributed by atoms with Crippen molar-refractivity contribution in [2.24, 2.45) is 5.73 Å². The maximum atomic E-state index is 5.98. The fourth-order valence-corrected chi connectivity index (χ4v) is 2.47. The fraction of sp³-hybridized carbons (Fsp3) is 0.400. The lowest BCUT2D eigenvalue weighted by Crippen LogP contribution is -2.24. The van der Waals surface area contributed by atoms with Gasteiger partial charge in [0, 0.05) is 21.2 Å². The highest BCUT2D eigenvalue weighted by Gasteiger charge is 2.37. The first-order valence-corrected chi connectivity index (χ1v) is 5.72. The SMILES string of the molecule is NC1(CSc2cccc(Cl)c2)CC1. The summed E-state index contributed by atoms with van der Waals surface area (Å²) >= 11 is 7.66. The predicted molar refractivity (Wildman–Crippen MR) is 58.3 cm³/mol. The molecule has 0 aliphatic heterocycles. The Labute approximate surface area is 87.7 Å². The summed E-state index contributed by atoms with van der Waals surface area (Å²) in [4.78, 5) is 1.21. The van der Waals surface area contributed by atoms with Crippen molar-refractivity contribution in [3.05, 3.63) is 29.3 Å². The van der Waals surface area contributed by atoms with Gasteiger partial charge in [0.2, 0.25) is 0 Å². The third-order valence-electron chi connectivity index (χ3n) is 2.21. The van der Waals surface area contributed by atoms with E-state index >= 15 is 0 Å². The quantitative estimate of drug-likeness (QED) is 0.782. The lowest BCUT2D eigenvalue weighted by Gasteiger charge is -2.07. The fourth-order valence-electron chi connectivity index (χ4n) is 1.09. The van der Waals surface area contributed by atoms with Gasteiger partial charge in [-0.25, -0.2) is 0 Å². The molecule has 0 saturated heterocycles. The highest BCUT2D eigenvalue weighted by Crippen LogP contribution is 2.37. The molecular formula is C10H12ClNS. The summed E-state index contributed by atoms with van der Waals surface area (Å²) < 4.78 is 0. The maximum Gasteiger partial charge on any atom is 0.0417 e. The van der Waals surface area contributed by atoms with E-state index in [-0.39, 0.29) is 5.54 Å². The first-order chi connectivity index (χ1) is 6.18. The van der Waals surface area contributed by atoms with Gasteiger partial charge in [-0.05, 0) is 31.0 Å². The number of thioether (sulfide) groups is 1. The Kier molecular flexibility index (Phi) is 2.54. The molecule has 1 aromatic rings. The molecule has 2 rings (SSSR count). The average molecular weight is 214 g/mol. The van der Waals surface area contributed by atoms with Crippen LogP contribution in [0.2, 0.25) is 5.02 Å². The van der Waals surface area contributed by atoms with Crippen LogP contribution in [-0.2, 0) is 0 Å². The molecule has 0 amide bonds. The Bertz CT molecular complexity index is 310. The zero-order chi connectivity index (χ0) is 9.31. The number of rotatable bonds is 3. The minimum absolute atomic E-state index is 0.118. The van der Waals surface area contributed by atoms with Gasteiger partial charge in [0.05, 0.1) is 0 Å². The summed E-state index contributed by atoms with van der Waals surface area (Å²) in [6, 6.07) is 7.92. The summed E-state index contributed by atoms with van der Waals surface area (Å²) in [6.45, 7) is 0. The highest BCUT2D eigenvalue weighted by molar-refractivity contribution is 7.99. The second kappa shape index (κ2) is 3.52. The smallest absolute Gasteiger partial charge is 0.0417 e. The van der Waals surface area contributed by atoms with Gasteiger partial charge in [0.15, 0.2) is 0 Å². The van der Waals surface area contributed by atoms with E-state index < -0.39 is 0 Å². The van der Waals surface area contributed by atoms with Crippen molar-refractivity contribution in [2.75, 3.05) is 5.75 Å². The zero-order valence-electron chi connectivity index (χ0n) is 7.29. The van der Waals surface area contributed by atoms with Crippen LogP contribution in [0.25, 0.3) is 0 Å². The molecule has 1 aliphatic rings. The van der Waals surface area contributed by atoms with Crippen molar-refractivity contribution in [1.82, 2.24) is 0 Å². The molecule has 0 bridgehead atoms. The maximum absolute atomic E-state index is 5.98. The van der Waals surface area contributed by atoms with Gasteiger partial charge in [-0.1, -0.05) is 17.7 Å². The molecule has 3 heteroatoms. The lowest BCUT2D eigenvalue weighted by atomic mass is 10.4. The van der Waals surface area contributed by atoms with Crippen LogP contribution in [0.1, 0.15) is 12.8 Å². The molecule has 0 spiro atoms. The van der Waals surface area contributed by atoms with Crippen molar-refractivity contribution in [2.45, 2.75) is 23.3 Å². The van der Waals surface area contributed by atoms with Gasteiger partial charge in [-0.3, -0.25) is 0 Å². The Balaban J connectivity index is 1.94. The van der Waals surface area contributed by atoms with Crippen LogP contribution in [-0.4, -0.2) is 11.3 Å². The third-order valence-corrected chi connectivity index (χ3v) is 3.76. The second-order valence-electron chi connectivity index (χ2n) is 3.61. The number of halogens is 1. The molecule has 0 heterocycles. The van der Waals surface area contributed by atoms with Crippen molar-refractivity contribution in [1.29, 1.82) is 0 Å². The summed E-state index contributed by atoms with van der Waals surface area (Å²) in [5.41, 5.74) is 6.10. The van der Waals surface area contributed by atoms with Gasteiger partial charge in [-0.2, -0.15) is 0 Å². The molecule has 0 aromatic heterocycles. The van der Waals surface area contributed by atoms with Crippen LogP contribution in [0.3, 0.4) is 0 Å². The molecule has 0 atom stereocenters. The molecule has 0 unspecified atom stereocenters. The third kappa shape index (κ3) is 2.63.